The highest BCUT2D eigenvalue weighted by molar-refractivity contribution is 9.10. The van der Waals surface area contributed by atoms with E-state index >= 15 is 0 Å². The highest BCUT2D eigenvalue weighted by atomic mass is 79.9. The molecule has 1 amide bonds. The largest absolute Gasteiger partial charge is 0.324 e. The second-order valence-electron chi connectivity index (χ2n) is 6.80. The number of nitrogens with one attached hydrogen (secondary N) is 1. The van der Waals surface area contributed by atoms with Crippen LogP contribution in [0, 0.1) is 22.6 Å². The molecule has 2 unspecified atom stereocenters. The van der Waals surface area contributed by atoms with Gasteiger partial charge in [-0.05, 0) is 64.7 Å². The van der Waals surface area contributed by atoms with E-state index in [0.29, 0.717) is 16.1 Å². The van der Waals surface area contributed by atoms with Crippen LogP contribution >= 0.6 is 15.9 Å². The molecule has 0 heterocycles. The maximum absolute atomic E-state index is 13.1. The number of benzene rings is 1. The van der Waals surface area contributed by atoms with Crippen molar-refractivity contribution in [1.29, 1.82) is 0 Å². The van der Waals surface area contributed by atoms with Crippen LogP contribution < -0.4 is 5.32 Å². The lowest BCUT2D eigenvalue weighted by Gasteiger charge is -2.37. The minimum atomic E-state index is -0.456. The van der Waals surface area contributed by atoms with E-state index in [-0.39, 0.29) is 17.1 Å². The van der Waals surface area contributed by atoms with E-state index in [4.69, 9.17) is 0 Å². The number of amides is 1. The highest BCUT2D eigenvalue weighted by Crippen LogP contribution is 2.65. The summed E-state index contributed by atoms with van der Waals surface area (Å²) in [6.45, 7) is 8.59. The molecule has 1 aromatic carbocycles. The van der Waals surface area contributed by atoms with E-state index in [9.17, 15) is 9.18 Å². The van der Waals surface area contributed by atoms with Gasteiger partial charge in [-0.2, -0.15) is 0 Å². The van der Waals surface area contributed by atoms with Crippen LogP contribution in [0.1, 0.15) is 33.1 Å². The molecule has 2 atom stereocenters. The van der Waals surface area contributed by atoms with Crippen LogP contribution in [-0.2, 0) is 4.79 Å². The van der Waals surface area contributed by atoms with Gasteiger partial charge in [0.1, 0.15) is 5.82 Å². The maximum Gasteiger partial charge on any atom is 0.234 e. The van der Waals surface area contributed by atoms with Crippen molar-refractivity contribution in [2.75, 3.05) is 5.32 Å². The Balaban J connectivity index is 1.88. The Morgan fingerprint density at radius 1 is 1.48 bits per heavy atom. The molecule has 2 aliphatic rings. The minimum absolute atomic E-state index is 0.00659. The van der Waals surface area contributed by atoms with E-state index in [2.05, 4.69) is 41.7 Å². The predicted molar refractivity (Wildman–Crippen MR) is 85.4 cm³/mol. The van der Waals surface area contributed by atoms with Crippen molar-refractivity contribution in [2.24, 2.45) is 16.7 Å². The average Bonchev–Trinajstić information content (AvgIpc) is 2.93. The van der Waals surface area contributed by atoms with Crippen LogP contribution in [0.2, 0.25) is 0 Å². The Labute approximate surface area is 132 Å². The van der Waals surface area contributed by atoms with E-state index in [1.165, 1.54) is 12.1 Å². The number of carbonyl (C=O) groups excluding carboxylic acids is 1. The number of hydrogen-bond donors (Lipinski definition) is 1. The first-order valence-electron chi connectivity index (χ1n) is 7.24. The van der Waals surface area contributed by atoms with Gasteiger partial charge in [0.25, 0.3) is 0 Å². The number of fused-ring (bicyclic) bond motifs is 2. The van der Waals surface area contributed by atoms with E-state index in [1.807, 2.05) is 0 Å². The normalized spacial score (nSPS) is 29.7. The van der Waals surface area contributed by atoms with Crippen LogP contribution in [0.15, 0.2) is 34.8 Å². The third kappa shape index (κ3) is 2.07. The van der Waals surface area contributed by atoms with Crippen LogP contribution in [0.3, 0.4) is 0 Å². The van der Waals surface area contributed by atoms with Gasteiger partial charge in [0.2, 0.25) is 5.91 Å². The molecule has 0 aliphatic heterocycles. The molecule has 2 nitrogen and oxygen atoms in total. The van der Waals surface area contributed by atoms with Crippen LogP contribution in [0.4, 0.5) is 10.1 Å². The van der Waals surface area contributed by atoms with Gasteiger partial charge in [-0.15, -0.1) is 0 Å². The lowest BCUT2D eigenvalue weighted by atomic mass is 9.68. The molecular weight excluding hydrogens is 333 g/mol. The summed E-state index contributed by atoms with van der Waals surface area (Å²) in [5.74, 6) is 0.200. The smallest absolute Gasteiger partial charge is 0.234 e. The van der Waals surface area contributed by atoms with Crippen molar-refractivity contribution in [1.82, 2.24) is 0 Å². The fourth-order valence-corrected chi connectivity index (χ4v) is 4.42. The van der Waals surface area contributed by atoms with Crippen molar-refractivity contribution < 1.29 is 9.18 Å². The fraction of sp³-hybridized carbons (Fsp3) is 0.471. The summed E-state index contributed by atoms with van der Waals surface area (Å²) in [5.41, 5.74) is 1.22. The van der Waals surface area contributed by atoms with Gasteiger partial charge < -0.3 is 5.32 Å². The van der Waals surface area contributed by atoms with Crippen LogP contribution in [0.5, 0.6) is 0 Å². The standard InChI is InChI=1S/C17H19BrFNO/c1-10-16(2,3)11-6-7-17(10,9-11)15(21)20-14-5-4-12(19)8-13(14)18/h4-5,8,11H,1,6-7,9H2,2-3H3,(H,20,21). The van der Waals surface area contributed by atoms with Crippen molar-refractivity contribution in [2.45, 2.75) is 33.1 Å². The molecule has 0 radical (unpaired) electrons. The number of carbonyl (C=O) groups is 1. The van der Waals surface area contributed by atoms with Gasteiger partial charge in [-0.3, -0.25) is 4.79 Å². The zero-order valence-corrected chi connectivity index (χ0v) is 13.9. The Morgan fingerprint density at radius 3 is 2.76 bits per heavy atom. The van der Waals surface area contributed by atoms with E-state index in [0.717, 1.165) is 24.8 Å². The number of anilines is 1. The first-order chi connectivity index (χ1) is 9.77. The summed E-state index contributed by atoms with van der Waals surface area (Å²) < 4.78 is 13.7. The molecule has 2 aliphatic carbocycles. The molecule has 112 valence electrons. The molecule has 0 saturated heterocycles. The summed E-state index contributed by atoms with van der Waals surface area (Å²) in [5, 5.41) is 2.95. The second-order valence-corrected chi connectivity index (χ2v) is 7.65. The summed E-state index contributed by atoms with van der Waals surface area (Å²) in [4.78, 5) is 12.8. The topological polar surface area (TPSA) is 29.1 Å². The lowest BCUT2D eigenvalue weighted by Crippen LogP contribution is -2.37. The fourth-order valence-electron chi connectivity index (χ4n) is 3.97. The van der Waals surface area contributed by atoms with Crippen LogP contribution in [0.25, 0.3) is 0 Å². The third-order valence-corrected chi connectivity index (χ3v) is 6.16. The Bertz CT molecular complexity index is 640. The van der Waals surface area contributed by atoms with Gasteiger partial charge in [0.15, 0.2) is 0 Å². The number of halogens is 2. The SMILES string of the molecule is C=C1C2(C(=O)Nc3ccc(F)cc3Br)CCC(C2)C1(C)C. The molecule has 3 rings (SSSR count). The van der Waals surface area contributed by atoms with Gasteiger partial charge in [0.05, 0.1) is 11.1 Å². The molecule has 0 aromatic heterocycles. The number of hydrogen-bond acceptors (Lipinski definition) is 1. The van der Waals surface area contributed by atoms with Crippen molar-refractivity contribution >= 4 is 27.5 Å². The summed E-state index contributed by atoms with van der Waals surface area (Å²) in [6, 6.07) is 4.30. The van der Waals surface area contributed by atoms with Crippen molar-refractivity contribution in [3.63, 3.8) is 0 Å². The van der Waals surface area contributed by atoms with Gasteiger partial charge >= 0.3 is 0 Å². The molecule has 2 saturated carbocycles. The van der Waals surface area contributed by atoms with Crippen LogP contribution in [-0.4, -0.2) is 5.91 Å². The van der Waals surface area contributed by atoms with Gasteiger partial charge in [-0.25, -0.2) is 4.39 Å². The third-order valence-electron chi connectivity index (χ3n) is 5.50. The molecule has 1 aromatic rings. The molecule has 1 N–H and O–H groups in total. The molecule has 21 heavy (non-hydrogen) atoms. The quantitative estimate of drug-likeness (QED) is 0.753. The molecule has 4 heteroatoms. The average molecular weight is 352 g/mol. The summed E-state index contributed by atoms with van der Waals surface area (Å²) in [6.07, 6.45) is 2.82. The number of rotatable bonds is 2. The second kappa shape index (κ2) is 4.67. The predicted octanol–water partition coefficient (Wildman–Crippen LogP) is 4.91. The van der Waals surface area contributed by atoms with E-state index in [1.54, 1.807) is 6.07 Å². The zero-order chi connectivity index (χ0) is 15.4. The van der Waals surface area contributed by atoms with Crippen molar-refractivity contribution in [3.05, 3.63) is 40.6 Å². The molecular formula is C17H19BrFNO. The lowest BCUT2D eigenvalue weighted by molar-refractivity contribution is -0.123. The molecule has 2 fully saturated rings. The molecule has 2 bridgehead atoms. The Kier molecular flexibility index (Phi) is 3.28. The maximum atomic E-state index is 13.1. The van der Waals surface area contributed by atoms with Gasteiger partial charge in [-0.1, -0.05) is 26.0 Å². The molecule has 0 spiro atoms. The van der Waals surface area contributed by atoms with Gasteiger partial charge in [0, 0.05) is 4.47 Å². The monoisotopic (exact) mass is 351 g/mol. The minimum Gasteiger partial charge on any atom is -0.324 e. The Hall–Kier alpha value is -1.16. The summed E-state index contributed by atoms with van der Waals surface area (Å²) >= 11 is 3.29. The summed E-state index contributed by atoms with van der Waals surface area (Å²) in [7, 11) is 0. The van der Waals surface area contributed by atoms with Crippen molar-refractivity contribution in [3.8, 4) is 0 Å². The first kappa shape index (κ1) is 14.8. The van der Waals surface area contributed by atoms with E-state index < -0.39 is 5.41 Å². The highest BCUT2D eigenvalue weighted by Gasteiger charge is 2.60. The first-order valence-corrected chi connectivity index (χ1v) is 8.03. The zero-order valence-electron chi connectivity index (χ0n) is 12.3. The Morgan fingerprint density at radius 2 is 2.19 bits per heavy atom.